The van der Waals surface area contributed by atoms with Crippen LogP contribution in [-0.4, -0.2) is 37.2 Å². The van der Waals surface area contributed by atoms with Gasteiger partial charge in [0.1, 0.15) is 6.54 Å². The van der Waals surface area contributed by atoms with Crippen LogP contribution in [0.2, 0.25) is 0 Å². The van der Waals surface area contributed by atoms with E-state index in [1.807, 2.05) is 61.5 Å². The lowest BCUT2D eigenvalue weighted by Crippen LogP contribution is -2.43. The Morgan fingerprint density at radius 3 is 2.31 bits per heavy atom. The van der Waals surface area contributed by atoms with E-state index < -0.39 is 23.7 Å². The molecule has 4 aromatic rings. The topological polar surface area (TPSA) is 94.2 Å². The van der Waals surface area contributed by atoms with Crippen LogP contribution in [0.4, 0.5) is 11.4 Å². The van der Waals surface area contributed by atoms with Gasteiger partial charge in [0.25, 0.3) is 5.56 Å². The number of carbonyl (C=O) groups is 1. The van der Waals surface area contributed by atoms with Crippen molar-refractivity contribution < 1.29 is 4.79 Å². The molecule has 0 radical (unpaired) electrons. The Labute approximate surface area is 209 Å². The van der Waals surface area contributed by atoms with Crippen molar-refractivity contribution in [2.75, 3.05) is 16.8 Å². The van der Waals surface area contributed by atoms with E-state index in [9.17, 15) is 14.4 Å². The first-order valence-corrected chi connectivity index (χ1v) is 12.2. The molecule has 0 saturated carbocycles. The molecule has 0 atom stereocenters. The lowest BCUT2D eigenvalue weighted by molar-refractivity contribution is -0.116. The number of anilines is 2. The molecule has 4 rings (SSSR count). The molecule has 9 nitrogen and oxygen atoms in total. The van der Waals surface area contributed by atoms with Crippen molar-refractivity contribution in [3.05, 3.63) is 87.3 Å². The van der Waals surface area contributed by atoms with Crippen LogP contribution in [0.25, 0.3) is 11.2 Å². The molecule has 2 aromatic heterocycles. The standard InChI is InChI=1S/C27H32N6O3/c1-5-30-18-28-25-24(30)26(35)33(27(36)32(25)16-20-10-8-7-9-11-20)17-23(34)29-21-12-14-22(15-13-21)31(6-2)19(3)4/h7-15,18-19H,5-6,16-17H2,1-4H3,(H,29,34). The third-order valence-corrected chi connectivity index (χ3v) is 6.26. The molecule has 2 aromatic carbocycles. The highest BCUT2D eigenvalue weighted by Gasteiger charge is 2.20. The SMILES string of the molecule is CCN(c1ccc(NC(=O)Cn2c(=O)c3c(ncn3CC)n(Cc3ccccc3)c2=O)cc1)C(C)C. The summed E-state index contributed by atoms with van der Waals surface area (Å²) in [6.45, 7) is 9.48. The number of carbonyl (C=O) groups excluding carboxylic acids is 1. The number of rotatable bonds is 9. The largest absolute Gasteiger partial charge is 0.369 e. The summed E-state index contributed by atoms with van der Waals surface area (Å²) in [4.78, 5) is 46.2. The first-order chi connectivity index (χ1) is 17.3. The Kier molecular flexibility index (Phi) is 7.38. The van der Waals surface area contributed by atoms with Gasteiger partial charge in [-0.25, -0.2) is 14.3 Å². The zero-order valence-corrected chi connectivity index (χ0v) is 21.1. The van der Waals surface area contributed by atoms with E-state index in [1.165, 1.54) is 4.57 Å². The third-order valence-electron chi connectivity index (χ3n) is 6.26. The lowest BCUT2D eigenvalue weighted by Gasteiger charge is -2.27. The summed E-state index contributed by atoms with van der Waals surface area (Å²) in [5.41, 5.74) is 2.07. The van der Waals surface area contributed by atoms with Gasteiger partial charge in [-0.1, -0.05) is 30.3 Å². The summed E-state index contributed by atoms with van der Waals surface area (Å²) in [5, 5.41) is 2.81. The van der Waals surface area contributed by atoms with Gasteiger partial charge in [0.05, 0.1) is 12.9 Å². The van der Waals surface area contributed by atoms with E-state index in [1.54, 1.807) is 10.9 Å². The molecule has 1 N–H and O–H groups in total. The fourth-order valence-electron chi connectivity index (χ4n) is 4.45. The van der Waals surface area contributed by atoms with Gasteiger partial charge in [0.15, 0.2) is 11.2 Å². The zero-order chi connectivity index (χ0) is 25.8. The van der Waals surface area contributed by atoms with Crippen LogP contribution in [0.3, 0.4) is 0 Å². The number of imidazole rings is 1. The Morgan fingerprint density at radius 1 is 1.00 bits per heavy atom. The highest BCUT2D eigenvalue weighted by Crippen LogP contribution is 2.20. The molecule has 0 aliphatic rings. The normalized spacial score (nSPS) is 11.2. The summed E-state index contributed by atoms with van der Waals surface area (Å²) in [7, 11) is 0. The smallest absolute Gasteiger partial charge is 0.333 e. The molecule has 36 heavy (non-hydrogen) atoms. The van der Waals surface area contributed by atoms with E-state index in [0.29, 0.717) is 29.4 Å². The first-order valence-electron chi connectivity index (χ1n) is 12.2. The number of aryl methyl sites for hydroxylation is 1. The van der Waals surface area contributed by atoms with Gasteiger partial charge in [-0.3, -0.25) is 14.2 Å². The number of hydrogen-bond acceptors (Lipinski definition) is 5. The molecule has 0 saturated heterocycles. The molecule has 188 valence electrons. The van der Waals surface area contributed by atoms with Gasteiger partial charge >= 0.3 is 5.69 Å². The molecular formula is C27H32N6O3. The molecule has 0 aliphatic carbocycles. The minimum Gasteiger partial charge on any atom is -0.369 e. The fraction of sp³-hybridized carbons (Fsp3) is 0.333. The maximum Gasteiger partial charge on any atom is 0.333 e. The van der Waals surface area contributed by atoms with E-state index in [-0.39, 0.29) is 6.54 Å². The molecule has 0 fully saturated rings. The number of hydrogen-bond donors (Lipinski definition) is 1. The van der Waals surface area contributed by atoms with Gasteiger partial charge < -0.3 is 14.8 Å². The molecule has 0 bridgehead atoms. The average Bonchev–Trinajstić information content (AvgIpc) is 3.30. The Bertz CT molecular complexity index is 1470. The second-order valence-electron chi connectivity index (χ2n) is 8.92. The average molecular weight is 489 g/mol. The van der Waals surface area contributed by atoms with Crippen LogP contribution in [0.1, 0.15) is 33.3 Å². The van der Waals surface area contributed by atoms with Crippen LogP contribution in [0.15, 0.2) is 70.5 Å². The number of aromatic nitrogens is 4. The van der Waals surface area contributed by atoms with Crippen LogP contribution < -0.4 is 21.5 Å². The lowest BCUT2D eigenvalue weighted by atomic mass is 10.2. The predicted molar refractivity (Wildman–Crippen MR) is 143 cm³/mol. The van der Waals surface area contributed by atoms with Crippen LogP contribution in [0.5, 0.6) is 0 Å². The molecule has 0 unspecified atom stereocenters. The van der Waals surface area contributed by atoms with E-state index in [4.69, 9.17) is 0 Å². The fourth-order valence-corrected chi connectivity index (χ4v) is 4.45. The molecule has 0 aliphatic heterocycles. The maximum atomic E-state index is 13.4. The Balaban J connectivity index is 1.65. The third kappa shape index (κ3) is 4.95. The molecule has 2 heterocycles. The molecular weight excluding hydrogens is 456 g/mol. The van der Waals surface area contributed by atoms with Crippen molar-refractivity contribution in [1.82, 2.24) is 18.7 Å². The van der Waals surface area contributed by atoms with Crippen LogP contribution in [0, 0.1) is 0 Å². The van der Waals surface area contributed by atoms with Crippen LogP contribution in [-0.2, 0) is 24.4 Å². The van der Waals surface area contributed by atoms with E-state index >= 15 is 0 Å². The van der Waals surface area contributed by atoms with Crippen molar-refractivity contribution in [3.63, 3.8) is 0 Å². The van der Waals surface area contributed by atoms with Gasteiger partial charge in [-0.2, -0.15) is 0 Å². The van der Waals surface area contributed by atoms with Crippen molar-refractivity contribution >= 4 is 28.4 Å². The number of nitrogens with zero attached hydrogens (tertiary/aromatic N) is 5. The molecule has 0 spiro atoms. The van der Waals surface area contributed by atoms with Gasteiger partial charge in [0.2, 0.25) is 5.91 Å². The Morgan fingerprint density at radius 2 is 1.69 bits per heavy atom. The highest BCUT2D eigenvalue weighted by atomic mass is 16.2. The molecule has 9 heteroatoms. The number of fused-ring (bicyclic) bond motifs is 1. The maximum absolute atomic E-state index is 13.4. The van der Waals surface area contributed by atoms with E-state index in [2.05, 4.69) is 36.0 Å². The Hall–Kier alpha value is -4.14. The second kappa shape index (κ2) is 10.6. The second-order valence-corrected chi connectivity index (χ2v) is 8.92. The zero-order valence-electron chi connectivity index (χ0n) is 21.1. The molecule has 1 amide bonds. The number of amides is 1. The summed E-state index contributed by atoms with van der Waals surface area (Å²) in [5.74, 6) is -0.452. The van der Waals surface area contributed by atoms with E-state index in [0.717, 1.165) is 22.4 Å². The predicted octanol–water partition coefficient (Wildman–Crippen LogP) is 3.30. The quantitative estimate of drug-likeness (QED) is 0.390. The minimum absolute atomic E-state index is 0.240. The van der Waals surface area contributed by atoms with Crippen molar-refractivity contribution in [2.45, 2.75) is 53.4 Å². The number of nitrogens with one attached hydrogen (secondary N) is 1. The summed E-state index contributed by atoms with van der Waals surface area (Å²) in [6.07, 6.45) is 1.55. The first kappa shape index (κ1) is 25.0. The van der Waals surface area contributed by atoms with Crippen LogP contribution >= 0.6 is 0 Å². The van der Waals surface area contributed by atoms with Crippen molar-refractivity contribution in [1.29, 1.82) is 0 Å². The highest BCUT2D eigenvalue weighted by molar-refractivity contribution is 5.90. The summed E-state index contributed by atoms with van der Waals surface area (Å²) < 4.78 is 4.13. The van der Waals surface area contributed by atoms with Crippen molar-refractivity contribution in [3.8, 4) is 0 Å². The van der Waals surface area contributed by atoms with Gasteiger partial charge in [-0.15, -0.1) is 0 Å². The van der Waals surface area contributed by atoms with Gasteiger partial charge in [0, 0.05) is 30.5 Å². The minimum atomic E-state index is -0.571. The monoisotopic (exact) mass is 488 g/mol. The van der Waals surface area contributed by atoms with Gasteiger partial charge in [-0.05, 0) is 57.5 Å². The van der Waals surface area contributed by atoms with Crippen molar-refractivity contribution in [2.24, 2.45) is 0 Å². The summed E-state index contributed by atoms with van der Waals surface area (Å²) in [6, 6.07) is 17.4. The number of benzene rings is 2. The summed E-state index contributed by atoms with van der Waals surface area (Å²) >= 11 is 0.